The average Bonchev–Trinajstić information content (AvgIpc) is 3.44. The fourth-order valence-corrected chi connectivity index (χ4v) is 7.54. The first-order valence-electron chi connectivity index (χ1n) is 27.2. The Bertz CT molecular complexity index is 2410. The largest absolute Gasteiger partial charge is 0.507 e. The zero-order valence-electron chi connectivity index (χ0n) is 45.4. The number of nitrogens with zero attached hydrogens (tertiary/aromatic N) is 6. The van der Waals surface area contributed by atoms with Gasteiger partial charge in [0, 0.05) is 93.2 Å². The number of ether oxygens (including phenoxy) is 3. The van der Waals surface area contributed by atoms with Crippen LogP contribution in [0.5, 0.6) is 34.5 Å². The van der Waals surface area contributed by atoms with E-state index in [2.05, 4.69) is 50.7 Å². The molecule has 4 aromatic rings. The average molecular weight is 1080 g/mol. The van der Waals surface area contributed by atoms with Gasteiger partial charge < -0.3 is 44.8 Å². The lowest BCUT2D eigenvalue weighted by molar-refractivity contribution is 0.0488. The summed E-state index contributed by atoms with van der Waals surface area (Å²) in [6.45, 7) is 8.82. The van der Waals surface area contributed by atoms with Gasteiger partial charge >= 0.3 is 17.9 Å². The molecule has 78 heavy (non-hydrogen) atoms. The lowest BCUT2D eigenvalue weighted by Crippen LogP contribution is -2.07. The minimum absolute atomic E-state index is 0.0463. The van der Waals surface area contributed by atoms with Gasteiger partial charge in [0.2, 0.25) is 0 Å². The van der Waals surface area contributed by atoms with Crippen LogP contribution in [0.1, 0.15) is 182 Å². The molecule has 0 fully saturated rings. The number of hydrogen-bond donors (Lipinski definition) is 6. The molecule has 0 aliphatic carbocycles. The van der Waals surface area contributed by atoms with E-state index in [0.29, 0.717) is 92.1 Å². The molecule has 0 radical (unpaired) electrons. The van der Waals surface area contributed by atoms with E-state index < -0.39 is 35.2 Å². The number of benzene rings is 4. The normalized spacial score (nSPS) is 11.9. The maximum absolute atomic E-state index is 12.6. The van der Waals surface area contributed by atoms with Crippen molar-refractivity contribution in [2.24, 2.45) is 30.0 Å². The molecule has 0 bridgehead atoms. The zero-order valence-corrected chi connectivity index (χ0v) is 45.4. The first-order valence-corrected chi connectivity index (χ1v) is 27.2. The summed E-state index contributed by atoms with van der Waals surface area (Å²) in [5.41, 5.74) is 1.70. The highest BCUT2D eigenvalue weighted by molar-refractivity contribution is 6.03. The maximum Gasteiger partial charge on any atom is 0.338 e. The van der Waals surface area contributed by atoms with Crippen molar-refractivity contribution in [1.82, 2.24) is 0 Å². The Morgan fingerprint density at radius 2 is 0.615 bits per heavy atom. The van der Waals surface area contributed by atoms with Crippen LogP contribution in [0.2, 0.25) is 0 Å². The van der Waals surface area contributed by atoms with Gasteiger partial charge in [0.05, 0.1) is 53.2 Å². The van der Waals surface area contributed by atoms with Crippen molar-refractivity contribution in [3.63, 3.8) is 0 Å². The molecule has 4 aromatic carbocycles. The van der Waals surface area contributed by atoms with Crippen LogP contribution >= 0.6 is 0 Å². The van der Waals surface area contributed by atoms with E-state index in [0.717, 1.165) is 77.0 Å². The molecule has 0 saturated carbocycles. The number of aromatic hydroxyl groups is 6. The summed E-state index contributed by atoms with van der Waals surface area (Å²) >= 11 is 0. The van der Waals surface area contributed by atoms with Gasteiger partial charge in [-0.3, -0.25) is 30.0 Å². The number of carbonyl (C=O) groups excluding carboxylic acids is 3. The number of rotatable bonds is 36. The number of phenolic OH excluding ortho intramolecular Hbond substituents is 6. The number of hydrogen-bond acceptors (Lipinski definition) is 18. The Morgan fingerprint density at radius 1 is 0.359 bits per heavy atom. The first kappa shape index (κ1) is 62.6. The minimum atomic E-state index is -0.478. The molecule has 6 N–H and O–H groups in total. The van der Waals surface area contributed by atoms with E-state index in [-0.39, 0.29) is 53.6 Å². The van der Waals surface area contributed by atoms with E-state index in [1.54, 1.807) is 0 Å². The summed E-state index contributed by atoms with van der Waals surface area (Å²) in [5, 5.41) is 65.3. The Labute approximate surface area is 458 Å². The predicted molar refractivity (Wildman–Crippen MR) is 308 cm³/mol. The van der Waals surface area contributed by atoms with Gasteiger partial charge in [0.15, 0.2) is 0 Å². The van der Waals surface area contributed by atoms with Crippen LogP contribution < -0.4 is 0 Å². The standard InChI is InChI=1S/C60H78N6O12/c1-4-7-10-13-31-76-58(73)43-19-22-52(67)46(34-43)37-61-25-16-28-64-40-49-55(70)50(41-65-29-17-26-62-38-47-35-44(20-23-53(47)68)59(74)77-32-14-11-8-5-2)57(72)51(56(49)71)42-66-30-18-27-63-39-48-36-45(21-24-54(48)69)60(75)78-33-15-12-9-6-3/h19-24,34-42,67-72H,4-18,25-33H2,1-3H3. The second-order valence-corrected chi connectivity index (χ2v) is 18.5. The third-order valence-electron chi connectivity index (χ3n) is 12.1. The van der Waals surface area contributed by atoms with Crippen molar-refractivity contribution in [3.05, 3.63) is 105 Å². The molecule has 4 rings (SSSR count). The summed E-state index contributed by atoms with van der Waals surface area (Å²) in [6.07, 6.45) is 21.3. The van der Waals surface area contributed by atoms with E-state index in [1.807, 2.05) is 0 Å². The third kappa shape index (κ3) is 22.0. The molecule has 18 nitrogen and oxygen atoms in total. The summed E-state index contributed by atoms with van der Waals surface area (Å²) in [6, 6.07) is 13.3. The van der Waals surface area contributed by atoms with E-state index in [4.69, 9.17) is 14.2 Å². The quantitative estimate of drug-likeness (QED) is 0.0107. The van der Waals surface area contributed by atoms with Gasteiger partial charge in [0.1, 0.15) is 34.5 Å². The highest BCUT2D eigenvalue weighted by Gasteiger charge is 2.21. The number of aliphatic imine (C=N–C) groups is 6. The SMILES string of the molecule is CCCCCCOC(=O)c1ccc(O)c(C=NCCCN=Cc2c(O)c(C=NCCCN=Cc3cc(C(=O)OCCCCCC)ccc3O)c(O)c(C=NCCCN=Cc3cc(C(=O)OCCCCCC)ccc3O)c2O)c1. The van der Waals surface area contributed by atoms with Gasteiger partial charge in [-0.1, -0.05) is 78.6 Å². The molecule has 0 spiro atoms. The van der Waals surface area contributed by atoms with Crippen LogP contribution in [0.25, 0.3) is 0 Å². The van der Waals surface area contributed by atoms with Gasteiger partial charge in [-0.2, -0.15) is 0 Å². The third-order valence-corrected chi connectivity index (χ3v) is 12.1. The monoisotopic (exact) mass is 1070 g/mol. The zero-order chi connectivity index (χ0) is 56.3. The molecular weight excluding hydrogens is 997 g/mol. The second kappa shape index (κ2) is 36.2. The molecule has 0 aromatic heterocycles. The van der Waals surface area contributed by atoms with Crippen LogP contribution in [-0.4, -0.2) is 145 Å². The Balaban J connectivity index is 1.42. The first-order chi connectivity index (χ1) is 37.9. The van der Waals surface area contributed by atoms with E-state index in [1.165, 1.54) is 91.9 Å². The Hall–Kier alpha value is -7.89. The number of phenols is 6. The summed E-state index contributed by atoms with van der Waals surface area (Å²) in [7, 11) is 0. The van der Waals surface area contributed by atoms with E-state index in [9.17, 15) is 45.0 Å². The molecule has 0 aliphatic rings. The lowest BCUT2D eigenvalue weighted by atomic mass is 10.0. The lowest BCUT2D eigenvalue weighted by Gasteiger charge is -2.12. The van der Waals surface area contributed by atoms with Gasteiger partial charge in [-0.25, -0.2) is 14.4 Å². The molecule has 0 amide bonds. The predicted octanol–water partition coefficient (Wildman–Crippen LogP) is 10.9. The van der Waals surface area contributed by atoms with Gasteiger partial charge in [0.25, 0.3) is 0 Å². The number of unbranched alkanes of at least 4 members (excludes halogenated alkanes) is 9. The number of carbonyl (C=O) groups is 3. The second-order valence-electron chi connectivity index (χ2n) is 18.5. The Morgan fingerprint density at radius 3 is 0.872 bits per heavy atom. The van der Waals surface area contributed by atoms with Crippen molar-refractivity contribution in [1.29, 1.82) is 0 Å². The molecule has 0 saturated heterocycles. The van der Waals surface area contributed by atoms with E-state index >= 15 is 0 Å². The maximum atomic E-state index is 12.6. The fraction of sp³-hybridized carbons (Fsp3) is 0.450. The highest BCUT2D eigenvalue weighted by atomic mass is 16.5. The molecule has 420 valence electrons. The molecular formula is C60H78N6O12. The smallest absolute Gasteiger partial charge is 0.338 e. The van der Waals surface area contributed by atoms with Crippen molar-refractivity contribution < 1.29 is 59.2 Å². The minimum Gasteiger partial charge on any atom is -0.507 e. The summed E-state index contributed by atoms with van der Waals surface area (Å²) in [4.78, 5) is 64.0. The van der Waals surface area contributed by atoms with Crippen molar-refractivity contribution in [2.75, 3.05) is 59.1 Å². The molecule has 0 unspecified atom stereocenters. The van der Waals surface area contributed by atoms with Crippen LogP contribution in [0.15, 0.2) is 84.6 Å². The molecule has 0 heterocycles. The topological polar surface area (TPSA) is 274 Å². The van der Waals surface area contributed by atoms with Crippen molar-refractivity contribution in [2.45, 2.75) is 117 Å². The van der Waals surface area contributed by atoms with Crippen LogP contribution in [0.4, 0.5) is 0 Å². The van der Waals surface area contributed by atoms with Crippen LogP contribution in [0.3, 0.4) is 0 Å². The van der Waals surface area contributed by atoms with Gasteiger partial charge in [-0.05, 0) is 93.1 Å². The van der Waals surface area contributed by atoms with Crippen LogP contribution in [-0.2, 0) is 14.2 Å². The van der Waals surface area contributed by atoms with Crippen molar-refractivity contribution >= 4 is 55.2 Å². The highest BCUT2D eigenvalue weighted by Crippen LogP contribution is 2.39. The van der Waals surface area contributed by atoms with Crippen LogP contribution in [0, 0.1) is 0 Å². The molecule has 18 heteroatoms. The Kier molecular flexibility index (Phi) is 29.1. The van der Waals surface area contributed by atoms with Gasteiger partial charge in [-0.15, -0.1) is 0 Å². The molecule has 0 atom stereocenters. The van der Waals surface area contributed by atoms with Crippen molar-refractivity contribution in [3.8, 4) is 34.5 Å². The fourth-order valence-electron chi connectivity index (χ4n) is 7.54. The summed E-state index contributed by atoms with van der Waals surface area (Å²) < 4.78 is 16.1. The number of esters is 3. The summed E-state index contributed by atoms with van der Waals surface area (Å²) in [5.74, 6) is -3.00. The molecule has 0 aliphatic heterocycles.